The first-order chi connectivity index (χ1) is 8.58. The number of likely N-dealkylation sites (N-methyl/N-ethyl adjacent to an activating group) is 1. The van der Waals surface area contributed by atoms with Gasteiger partial charge in [0.05, 0.1) is 5.54 Å². The Kier molecular flexibility index (Phi) is 6.65. The summed E-state index contributed by atoms with van der Waals surface area (Å²) < 4.78 is 5.73. The van der Waals surface area contributed by atoms with Crippen LogP contribution in [-0.4, -0.2) is 31.7 Å². The van der Waals surface area contributed by atoms with Crippen LogP contribution in [-0.2, 0) is 9.53 Å². The van der Waals surface area contributed by atoms with Gasteiger partial charge in [-0.3, -0.25) is 4.79 Å². The van der Waals surface area contributed by atoms with E-state index >= 15 is 0 Å². The molecule has 0 bridgehead atoms. The van der Waals surface area contributed by atoms with Crippen molar-refractivity contribution in [3.05, 3.63) is 0 Å². The first-order valence-electron chi connectivity index (χ1n) is 7.15. The molecule has 0 spiro atoms. The maximum Gasteiger partial charge on any atom is 0.237 e. The average Bonchev–Trinajstić information content (AvgIpc) is 2.62. The lowest BCUT2D eigenvalue weighted by molar-refractivity contribution is -0.124. The first kappa shape index (κ1) is 15.4. The van der Waals surface area contributed by atoms with Gasteiger partial charge in [-0.1, -0.05) is 25.7 Å². The molecule has 4 nitrogen and oxygen atoms in total. The molecule has 1 saturated carbocycles. The van der Waals surface area contributed by atoms with E-state index in [-0.39, 0.29) is 5.91 Å². The molecule has 1 rings (SSSR count). The van der Waals surface area contributed by atoms with Gasteiger partial charge in [-0.05, 0) is 39.2 Å². The summed E-state index contributed by atoms with van der Waals surface area (Å²) in [5, 5.41) is 2.97. The van der Waals surface area contributed by atoms with Crippen molar-refractivity contribution in [3.8, 4) is 0 Å². The minimum atomic E-state index is -0.649. The molecule has 18 heavy (non-hydrogen) atoms. The largest absolute Gasteiger partial charge is 0.381 e. The Morgan fingerprint density at radius 1 is 1.33 bits per heavy atom. The van der Waals surface area contributed by atoms with Crippen molar-refractivity contribution in [1.29, 1.82) is 0 Å². The van der Waals surface area contributed by atoms with Crippen LogP contribution in [0.15, 0.2) is 0 Å². The summed E-state index contributed by atoms with van der Waals surface area (Å²) in [6, 6.07) is 0. The molecule has 0 radical (unpaired) electrons. The number of ether oxygens (including phenoxy) is 1. The van der Waals surface area contributed by atoms with Crippen molar-refractivity contribution >= 4 is 5.91 Å². The highest BCUT2D eigenvalue weighted by Crippen LogP contribution is 2.23. The summed E-state index contributed by atoms with van der Waals surface area (Å²) >= 11 is 0. The van der Waals surface area contributed by atoms with Gasteiger partial charge >= 0.3 is 0 Å². The number of nitrogens with one attached hydrogen (secondary N) is 1. The molecule has 0 heterocycles. The Labute approximate surface area is 111 Å². The second kappa shape index (κ2) is 7.74. The van der Waals surface area contributed by atoms with Crippen molar-refractivity contribution in [1.82, 2.24) is 5.32 Å². The van der Waals surface area contributed by atoms with Crippen molar-refractivity contribution in [3.63, 3.8) is 0 Å². The number of hydrogen-bond donors (Lipinski definition) is 2. The minimum Gasteiger partial charge on any atom is -0.381 e. The second-order valence-corrected chi connectivity index (χ2v) is 5.63. The molecule has 1 unspecified atom stereocenters. The summed E-state index contributed by atoms with van der Waals surface area (Å²) in [6.45, 7) is 3.25. The van der Waals surface area contributed by atoms with E-state index in [1.807, 2.05) is 6.92 Å². The van der Waals surface area contributed by atoms with Gasteiger partial charge in [0.2, 0.25) is 5.91 Å². The van der Waals surface area contributed by atoms with Gasteiger partial charge in [-0.2, -0.15) is 0 Å². The summed E-state index contributed by atoms with van der Waals surface area (Å²) in [6.07, 6.45) is 8.63. The predicted octanol–water partition coefficient (Wildman–Crippen LogP) is 1.83. The lowest BCUT2D eigenvalue weighted by Crippen LogP contribution is -2.52. The van der Waals surface area contributed by atoms with Crippen LogP contribution in [0.25, 0.3) is 0 Å². The van der Waals surface area contributed by atoms with Crippen LogP contribution in [0.1, 0.15) is 51.9 Å². The molecule has 4 heteroatoms. The van der Waals surface area contributed by atoms with Crippen molar-refractivity contribution in [2.75, 3.05) is 20.3 Å². The fourth-order valence-corrected chi connectivity index (χ4v) is 2.43. The number of primary amides is 1. The van der Waals surface area contributed by atoms with E-state index in [1.165, 1.54) is 38.5 Å². The molecular weight excluding hydrogens is 228 g/mol. The van der Waals surface area contributed by atoms with Crippen molar-refractivity contribution in [2.45, 2.75) is 57.4 Å². The zero-order chi connectivity index (χ0) is 13.4. The van der Waals surface area contributed by atoms with Crippen LogP contribution < -0.4 is 11.1 Å². The molecular formula is C14H28N2O2. The van der Waals surface area contributed by atoms with Crippen LogP contribution in [0.4, 0.5) is 0 Å². The zero-order valence-corrected chi connectivity index (χ0v) is 11.8. The predicted molar refractivity (Wildman–Crippen MR) is 73.3 cm³/mol. The second-order valence-electron chi connectivity index (χ2n) is 5.63. The molecule has 3 N–H and O–H groups in total. The number of rotatable bonds is 7. The molecule has 1 atom stereocenters. The fourth-order valence-electron chi connectivity index (χ4n) is 2.43. The zero-order valence-electron chi connectivity index (χ0n) is 11.8. The van der Waals surface area contributed by atoms with E-state index in [4.69, 9.17) is 10.5 Å². The smallest absolute Gasteiger partial charge is 0.237 e. The molecule has 0 aromatic rings. The molecule has 0 saturated heterocycles. The number of carbonyl (C=O) groups excluding carboxylic acids is 1. The normalized spacial score (nSPS) is 21.2. The molecule has 1 amide bonds. The van der Waals surface area contributed by atoms with Gasteiger partial charge in [0.25, 0.3) is 0 Å². The van der Waals surface area contributed by atoms with Crippen LogP contribution in [0, 0.1) is 5.92 Å². The lowest BCUT2D eigenvalue weighted by Gasteiger charge is -2.25. The van der Waals surface area contributed by atoms with Gasteiger partial charge in [-0.25, -0.2) is 0 Å². The van der Waals surface area contributed by atoms with E-state index < -0.39 is 5.54 Å². The molecule has 1 aliphatic carbocycles. The van der Waals surface area contributed by atoms with Crippen molar-refractivity contribution < 1.29 is 9.53 Å². The third-order valence-corrected chi connectivity index (χ3v) is 4.17. The standard InChI is InChI=1S/C14H28N2O2/c1-14(16-2,13(15)17)9-10-18-11-12-7-5-3-4-6-8-12/h12,16H,3-11H2,1-2H3,(H2,15,17). The first-order valence-corrected chi connectivity index (χ1v) is 7.15. The number of hydrogen-bond acceptors (Lipinski definition) is 3. The Balaban J connectivity index is 2.19. The van der Waals surface area contributed by atoms with Crippen molar-refractivity contribution in [2.24, 2.45) is 11.7 Å². The van der Waals surface area contributed by atoms with Gasteiger partial charge in [0.15, 0.2) is 0 Å². The maximum absolute atomic E-state index is 11.3. The molecule has 0 aromatic carbocycles. The van der Waals surface area contributed by atoms with Crippen LogP contribution in [0.5, 0.6) is 0 Å². The summed E-state index contributed by atoms with van der Waals surface area (Å²) in [7, 11) is 1.76. The van der Waals surface area contributed by atoms with Gasteiger partial charge < -0.3 is 15.8 Å². The number of carbonyl (C=O) groups is 1. The maximum atomic E-state index is 11.3. The van der Waals surface area contributed by atoms with Crippen LogP contribution >= 0.6 is 0 Å². The van der Waals surface area contributed by atoms with E-state index in [2.05, 4.69) is 5.32 Å². The molecule has 1 fully saturated rings. The van der Waals surface area contributed by atoms with Gasteiger partial charge in [-0.15, -0.1) is 0 Å². The Morgan fingerprint density at radius 3 is 2.44 bits per heavy atom. The quantitative estimate of drug-likeness (QED) is 0.539. The molecule has 1 aliphatic rings. The number of amides is 1. The Hall–Kier alpha value is -0.610. The van der Waals surface area contributed by atoms with E-state index in [0.29, 0.717) is 18.9 Å². The summed E-state index contributed by atoms with van der Waals surface area (Å²) in [4.78, 5) is 11.3. The highest BCUT2D eigenvalue weighted by molar-refractivity contribution is 5.84. The molecule has 106 valence electrons. The third-order valence-electron chi connectivity index (χ3n) is 4.17. The monoisotopic (exact) mass is 256 g/mol. The highest BCUT2D eigenvalue weighted by Gasteiger charge is 2.28. The third kappa shape index (κ3) is 4.94. The highest BCUT2D eigenvalue weighted by atomic mass is 16.5. The minimum absolute atomic E-state index is 0.317. The average molecular weight is 256 g/mol. The summed E-state index contributed by atoms with van der Waals surface area (Å²) in [5.41, 5.74) is 4.72. The van der Waals surface area contributed by atoms with E-state index in [0.717, 1.165) is 6.61 Å². The van der Waals surface area contributed by atoms with Crippen LogP contribution in [0.2, 0.25) is 0 Å². The summed E-state index contributed by atoms with van der Waals surface area (Å²) in [5.74, 6) is 0.394. The van der Waals surface area contributed by atoms with E-state index in [1.54, 1.807) is 7.05 Å². The number of nitrogens with two attached hydrogens (primary N) is 1. The fraction of sp³-hybridized carbons (Fsp3) is 0.929. The van der Waals surface area contributed by atoms with Gasteiger partial charge in [0, 0.05) is 13.2 Å². The van der Waals surface area contributed by atoms with Gasteiger partial charge in [0.1, 0.15) is 0 Å². The van der Waals surface area contributed by atoms with E-state index in [9.17, 15) is 4.79 Å². The Morgan fingerprint density at radius 2 is 1.94 bits per heavy atom. The lowest BCUT2D eigenvalue weighted by atomic mass is 9.98. The Bertz CT molecular complexity index is 250. The molecule has 0 aliphatic heterocycles. The topological polar surface area (TPSA) is 64.3 Å². The van der Waals surface area contributed by atoms with Crippen LogP contribution in [0.3, 0.4) is 0 Å². The molecule has 0 aromatic heterocycles. The SMILES string of the molecule is CNC(C)(CCOCC1CCCCCC1)C(N)=O.